The van der Waals surface area contributed by atoms with Gasteiger partial charge in [0.15, 0.2) is 11.6 Å². The van der Waals surface area contributed by atoms with Crippen LogP contribution in [0.25, 0.3) is 0 Å². The van der Waals surface area contributed by atoms with Gasteiger partial charge >= 0.3 is 5.97 Å². The van der Waals surface area contributed by atoms with Crippen LogP contribution in [-0.2, 0) is 9.59 Å². The van der Waals surface area contributed by atoms with E-state index in [4.69, 9.17) is 10.8 Å². The standard InChI is InChI=1S/C9H8F2N2O3/c10-4-1-2-5(9(12)8(4)11)13-6(14)3-7(15)16/h1-2H,3,12H2,(H,13,14)(H,15,16). The first-order chi connectivity index (χ1) is 7.41. The summed E-state index contributed by atoms with van der Waals surface area (Å²) in [5.74, 6) is -4.63. The zero-order valence-electron chi connectivity index (χ0n) is 7.96. The lowest BCUT2D eigenvalue weighted by Gasteiger charge is -2.07. The maximum atomic E-state index is 12.9. The molecule has 86 valence electrons. The van der Waals surface area contributed by atoms with Crippen molar-refractivity contribution in [2.75, 3.05) is 11.1 Å². The minimum absolute atomic E-state index is 0.162. The van der Waals surface area contributed by atoms with Crippen LogP contribution < -0.4 is 11.1 Å². The van der Waals surface area contributed by atoms with Gasteiger partial charge in [0, 0.05) is 0 Å². The van der Waals surface area contributed by atoms with Gasteiger partial charge in [-0.2, -0.15) is 0 Å². The lowest BCUT2D eigenvalue weighted by atomic mass is 10.2. The maximum Gasteiger partial charge on any atom is 0.312 e. The van der Waals surface area contributed by atoms with E-state index in [1.54, 1.807) is 0 Å². The van der Waals surface area contributed by atoms with Gasteiger partial charge in [-0.1, -0.05) is 0 Å². The number of halogens is 2. The molecule has 0 unspecified atom stereocenters. The van der Waals surface area contributed by atoms with Gasteiger partial charge in [-0.15, -0.1) is 0 Å². The number of carboxylic acids is 1. The fraction of sp³-hybridized carbons (Fsp3) is 0.111. The number of carbonyl (C=O) groups is 2. The topological polar surface area (TPSA) is 92.4 Å². The molecule has 0 aliphatic carbocycles. The Morgan fingerprint density at radius 3 is 2.56 bits per heavy atom. The Kier molecular flexibility index (Phi) is 3.39. The summed E-state index contributed by atoms with van der Waals surface area (Å²) in [6, 6.07) is 1.83. The van der Waals surface area contributed by atoms with Crippen LogP contribution >= 0.6 is 0 Å². The Labute approximate surface area is 88.9 Å². The molecule has 4 N–H and O–H groups in total. The number of anilines is 2. The number of benzene rings is 1. The third-order valence-corrected chi connectivity index (χ3v) is 1.72. The van der Waals surface area contributed by atoms with E-state index in [0.717, 1.165) is 12.1 Å². The number of carboxylic acid groups (broad SMARTS) is 1. The van der Waals surface area contributed by atoms with Gasteiger partial charge in [0.25, 0.3) is 0 Å². The van der Waals surface area contributed by atoms with E-state index in [1.165, 1.54) is 0 Å². The number of carbonyl (C=O) groups excluding carboxylic acids is 1. The highest BCUT2D eigenvalue weighted by molar-refractivity contribution is 6.02. The van der Waals surface area contributed by atoms with Gasteiger partial charge in [-0.05, 0) is 12.1 Å². The second kappa shape index (κ2) is 4.56. The van der Waals surface area contributed by atoms with Crippen LogP contribution in [0.1, 0.15) is 6.42 Å². The summed E-state index contributed by atoms with van der Waals surface area (Å²) in [5, 5.41) is 10.4. The predicted molar refractivity (Wildman–Crippen MR) is 51.7 cm³/mol. The molecule has 0 aliphatic heterocycles. The first-order valence-corrected chi connectivity index (χ1v) is 4.17. The van der Waals surface area contributed by atoms with E-state index < -0.39 is 35.6 Å². The third-order valence-electron chi connectivity index (χ3n) is 1.72. The fourth-order valence-electron chi connectivity index (χ4n) is 1.01. The fourth-order valence-corrected chi connectivity index (χ4v) is 1.01. The Morgan fingerprint density at radius 1 is 1.38 bits per heavy atom. The lowest BCUT2D eigenvalue weighted by molar-refractivity contribution is -0.139. The number of nitrogens with two attached hydrogens (primary N) is 1. The maximum absolute atomic E-state index is 12.9. The SMILES string of the molecule is Nc1c(NC(=O)CC(=O)O)ccc(F)c1F. The summed E-state index contributed by atoms with van der Waals surface area (Å²) in [4.78, 5) is 21.2. The van der Waals surface area contributed by atoms with Crippen LogP contribution in [0.15, 0.2) is 12.1 Å². The van der Waals surface area contributed by atoms with Crippen LogP contribution in [0.2, 0.25) is 0 Å². The van der Waals surface area contributed by atoms with Gasteiger partial charge in [0.05, 0.1) is 11.4 Å². The summed E-state index contributed by atoms with van der Waals surface area (Å²) in [6.07, 6.45) is -0.779. The van der Waals surface area contributed by atoms with Crippen molar-refractivity contribution in [3.05, 3.63) is 23.8 Å². The van der Waals surface area contributed by atoms with E-state index in [9.17, 15) is 18.4 Å². The molecule has 7 heteroatoms. The minimum Gasteiger partial charge on any atom is -0.481 e. The number of nitrogens with one attached hydrogen (secondary N) is 1. The second-order valence-corrected chi connectivity index (χ2v) is 2.94. The molecule has 0 fully saturated rings. The summed E-state index contributed by atoms with van der Waals surface area (Å²) in [6.45, 7) is 0. The molecular formula is C9H8F2N2O3. The van der Waals surface area contributed by atoms with E-state index >= 15 is 0 Å². The molecule has 0 bridgehead atoms. The molecule has 1 amide bonds. The Morgan fingerprint density at radius 2 is 2.00 bits per heavy atom. The predicted octanol–water partition coefficient (Wildman–Crippen LogP) is 0.960. The Balaban J connectivity index is 2.86. The summed E-state index contributed by atoms with van der Waals surface area (Å²) < 4.78 is 25.6. The van der Waals surface area contributed by atoms with E-state index in [0.29, 0.717) is 0 Å². The zero-order chi connectivity index (χ0) is 12.3. The van der Waals surface area contributed by atoms with Gasteiger partial charge in [0.2, 0.25) is 5.91 Å². The molecule has 0 saturated carbocycles. The van der Waals surface area contributed by atoms with Crippen molar-refractivity contribution in [1.82, 2.24) is 0 Å². The van der Waals surface area contributed by atoms with Crippen molar-refractivity contribution < 1.29 is 23.5 Å². The largest absolute Gasteiger partial charge is 0.481 e. The molecule has 0 heterocycles. The monoisotopic (exact) mass is 230 g/mol. The molecule has 5 nitrogen and oxygen atoms in total. The van der Waals surface area contributed by atoms with Crippen LogP contribution in [-0.4, -0.2) is 17.0 Å². The summed E-state index contributed by atoms with van der Waals surface area (Å²) >= 11 is 0. The first-order valence-electron chi connectivity index (χ1n) is 4.17. The molecule has 0 aromatic heterocycles. The quantitative estimate of drug-likeness (QED) is 0.532. The minimum atomic E-state index is -1.33. The molecule has 0 saturated heterocycles. The van der Waals surface area contributed by atoms with Crippen LogP contribution in [0, 0.1) is 11.6 Å². The number of nitrogen functional groups attached to an aromatic ring is 1. The van der Waals surface area contributed by atoms with Gasteiger partial charge in [-0.25, -0.2) is 8.78 Å². The van der Waals surface area contributed by atoms with E-state index in [2.05, 4.69) is 5.32 Å². The highest BCUT2D eigenvalue weighted by Gasteiger charge is 2.14. The number of hydrogen-bond acceptors (Lipinski definition) is 3. The van der Waals surface area contributed by atoms with Crippen molar-refractivity contribution in [3.8, 4) is 0 Å². The zero-order valence-corrected chi connectivity index (χ0v) is 7.96. The highest BCUT2D eigenvalue weighted by Crippen LogP contribution is 2.23. The molecular weight excluding hydrogens is 222 g/mol. The van der Waals surface area contributed by atoms with Crippen molar-refractivity contribution in [2.45, 2.75) is 6.42 Å². The van der Waals surface area contributed by atoms with Crippen molar-refractivity contribution in [2.24, 2.45) is 0 Å². The van der Waals surface area contributed by atoms with Gasteiger partial charge < -0.3 is 16.2 Å². The smallest absolute Gasteiger partial charge is 0.312 e. The van der Waals surface area contributed by atoms with Gasteiger partial charge in [-0.3, -0.25) is 9.59 Å². The van der Waals surface area contributed by atoms with Crippen LogP contribution in [0.4, 0.5) is 20.2 Å². The Bertz CT molecular complexity index is 449. The van der Waals surface area contributed by atoms with Crippen molar-refractivity contribution in [1.29, 1.82) is 0 Å². The molecule has 1 rings (SSSR count). The third kappa shape index (κ3) is 2.66. The first kappa shape index (κ1) is 11.9. The van der Waals surface area contributed by atoms with Crippen molar-refractivity contribution in [3.63, 3.8) is 0 Å². The molecule has 16 heavy (non-hydrogen) atoms. The Hall–Kier alpha value is -2.18. The number of aliphatic carboxylic acids is 1. The summed E-state index contributed by atoms with van der Waals surface area (Å²) in [5.41, 5.74) is 4.45. The van der Waals surface area contributed by atoms with E-state index in [-0.39, 0.29) is 5.69 Å². The van der Waals surface area contributed by atoms with E-state index in [1.807, 2.05) is 0 Å². The summed E-state index contributed by atoms with van der Waals surface area (Å²) in [7, 11) is 0. The average Bonchev–Trinajstić information content (AvgIpc) is 2.18. The van der Waals surface area contributed by atoms with Crippen LogP contribution in [0.5, 0.6) is 0 Å². The molecule has 1 aromatic rings. The second-order valence-electron chi connectivity index (χ2n) is 2.94. The average molecular weight is 230 g/mol. The van der Waals surface area contributed by atoms with Gasteiger partial charge in [0.1, 0.15) is 6.42 Å². The van der Waals surface area contributed by atoms with Crippen LogP contribution in [0.3, 0.4) is 0 Å². The molecule has 0 atom stereocenters. The number of hydrogen-bond donors (Lipinski definition) is 3. The molecule has 0 radical (unpaired) electrons. The number of amides is 1. The molecule has 0 aliphatic rings. The lowest BCUT2D eigenvalue weighted by Crippen LogP contribution is -2.17. The molecule has 1 aromatic carbocycles. The normalized spacial score (nSPS) is 9.88. The number of rotatable bonds is 3. The highest BCUT2D eigenvalue weighted by atomic mass is 19.2. The van der Waals surface area contributed by atoms with Crippen molar-refractivity contribution >= 4 is 23.3 Å². The molecule has 0 spiro atoms.